The van der Waals surface area contributed by atoms with E-state index in [1.54, 1.807) is 25.7 Å². The minimum absolute atomic E-state index is 0.0170. The van der Waals surface area contributed by atoms with Crippen LogP contribution in [-0.2, 0) is 43.1 Å². The molecule has 2 saturated heterocycles. The van der Waals surface area contributed by atoms with Crippen LogP contribution in [0.3, 0.4) is 0 Å². The first-order valence-corrected chi connectivity index (χ1v) is 21.2. The fourth-order valence-corrected chi connectivity index (χ4v) is 8.82. The molecule has 2 fully saturated rings. The van der Waals surface area contributed by atoms with Gasteiger partial charge < -0.3 is 50.9 Å². The van der Waals surface area contributed by atoms with E-state index in [0.29, 0.717) is 17.9 Å². The van der Waals surface area contributed by atoms with E-state index < -0.39 is 108 Å². The molecule has 10 atom stereocenters. The molecule has 3 unspecified atom stereocenters. The van der Waals surface area contributed by atoms with Gasteiger partial charge in [-0.25, -0.2) is 4.79 Å². The van der Waals surface area contributed by atoms with Crippen molar-refractivity contribution in [2.24, 2.45) is 16.8 Å². The molecule has 2 bridgehead atoms. The Balaban J connectivity index is 1.66. The molecule has 0 spiro atoms. The number of amides is 7. The van der Waals surface area contributed by atoms with Crippen LogP contribution in [0.25, 0.3) is 0 Å². The Morgan fingerprint density at radius 2 is 1.59 bits per heavy atom. The first-order valence-electron chi connectivity index (χ1n) is 20.2. The molecule has 6 N–H and O–H groups in total. The van der Waals surface area contributed by atoms with Crippen LogP contribution in [0, 0.1) is 11.8 Å². The van der Waals surface area contributed by atoms with Gasteiger partial charge in [-0.1, -0.05) is 33.8 Å². The van der Waals surface area contributed by atoms with Crippen LogP contribution in [0.5, 0.6) is 0 Å². The van der Waals surface area contributed by atoms with E-state index in [0.717, 1.165) is 4.90 Å². The van der Waals surface area contributed by atoms with Crippen LogP contribution in [0.1, 0.15) is 81.1 Å². The van der Waals surface area contributed by atoms with Crippen molar-refractivity contribution in [3.05, 3.63) is 11.8 Å². The summed E-state index contributed by atoms with van der Waals surface area (Å²) in [6, 6.07) is -7.62. The van der Waals surface area contributed by atoms with E-state index in [-0.39, 0.29) is 48.7 Å². The number of esters is 1. The molecule has 0 aromatic rings. The highest BCUT2D eigenvalue weighted by molar-refractivity contribution is 8.14. The second-order valence-corrected chi connectivity index (χ2v) is 17.5. The van der Waals surface area contributed by atoms with E-state index in [4.69, 9.17) is 4.74 Å². The van der Waals surface area contributed by atoms with Gasteiger partial charge in [-0.2, -0.15) is 0 Å². The predicted octanol–water partition coefficient (Wildman–Crippen LogP) is -1.20. The van der Waals surface area contributed by atoms with Crippen molar-refractivity contribution in [3.63, 3.8) is 0 Å². The molecule has 0 saturated carbocycles. The third kappa shape index (κ3) is 11.0. The Morgan fingerprint density at radius 1 is 0.915 bits per heavy atom. The summed E-state index contributed by atoms with van der Waals surface area (Å²) in [5.41, 5.74) is -0.0745. The Kier molecular flexibility index (Phi) is 16.1. The van der Waals surface area contributed by atoms with Crippen molar-refractivity contribution >= 4 is 64.1 Å². The smallest absolute Gasteiger partial charge is 0.329 e. The fourth-order valence-electron chi connectivity index (χ4n) is 7.66. The number of allylic oxidation sites excluding steroid dienone is 1. The second-order valence-electron chi connectivity index (χ2n) is 16.4. The van der Waals surface area contributed by atoms with Gasteiger partial charge in [0.15, 0.2) is 6.10 Å². The van der Waals surface area contributed by atoms with Gasteiger partial charge in [0.25, 0.3) is 11.8 Å². The van der Waals surface area contributed by atoms with Gasteiger partial charge in [0.2, 0.25) is 29.5 Å². The maximum Gasteiger partial charge on any atom is 0.329 e. The average molecular weight is 849 g/mol. The molecule has 19 nitrogen and oxygen atoms in total. The normalized spacial score (nSPS) is 32.6. The van der Waals surface area contributed by atoms with Gasteiger partial charge in [0.1, 0.15) is 48.6 Å². The molecular formula is C39H60N8O11S. The fraction of sp³-hybridized carbons (Fsp3) is 0.718. The SMILES string of the molecule is C/C=C1/NC(=O)C2CSC(=N2)[C@@H]2C[C@@H](C)N2C(=O)[C@@H](CC(C)C)NC(=O)[C@H](C)NC(=O)[C@@H](O)COC(=O)[C@H](C(C)C)N(C)C(=O)[C@H](C(C)O)NC(=O)C2CCCN2C1=O. The van der Waals surface area contributed by atoms with Crippen LogP contribution >= 0.6 is 11.8 Å². The molecule has 4 aliphatic heterocycles. The van der Waals surface area contributed by atoms with E-state index in [9.17, 15) is 48.6 Å². The number of carbonyl (C=O) groups excluding carboxylic acids is 8. The van der Waals surface area contributed by atoms with E-state index in [1.807, 2.05) is 20.8 Å². The molecule has 4 aliphatic rings. The van der Waals surface area contributed by atoms with Gasteiger partial charge >= 0.3 is 5.97 Å². The summed E-state index contributed by atoms with van der Waals surface area (Å²) in [6.07, 6.45) is -0.419. The number of rotatable bonds is 4. The summed E-state index contributed by atoms with van der Waals surface area (Å²) >= 11 is 1.32. The number of aliphatic hydroxyl groups excluding tert-OH is 2. The molecule has 7 amide bonds. The van der Waals surface area contributed by atoms with Gasteiger partial charge in [-0.15, -0.1) is 11.8 Å². The number of carbonyl (C=O) groups is 8. The Bertz CT molecular complexity index is 1720. The predicted molar refractivity (Wildman–Crippen MR) is 216 cm³/mol. The molecule has 328 valence electrons. The monoisotopic (exact) mass is 848 g/mol. The third-order valence-electron chi connectivity index (χ3n) is 10.9. The zero-order chi connectivity index (χ0) is 44.0. The number of cyclic esters (lactones) is 1. The van der Waals surface area contributed by atoms with Gasteiger partial charge in [-0.05, 0) is 65.2 Å². The van der Waals surface area contributed by atoms with Crippen molar-refractivity contribution in [1.29, 1.82) is 0 Å². The highest BCUT2D eigenvalue weighted by Crippen LogP contribution is 2.35. The van der Waals surface area contributed by atoms with Crippen molar-refractivity contribution in [2.75, 3.05) is 26.0 Å². The number of thioether (sulfide) groups is 1. The van der Waals surface area contributed by atoms with Gasteiger partial charge in [0.05, 0.1) is 17.2 Å². The van der Waals surface area contributed by atoms with Crippen LogP contribution in [0.15, 0.2) is 16.8 Å². The third-order valence-corrected chi connectivity index (χ3v) is 12.1. The molecular weight excluding hydrogens is 789 g/mol. The topological polar surface area (TPSA) is 256 Å². The number of nitrogens with one attached hydrogen (secondary N) is 4. The first kappa shape index (κ1) is 47.1. The number of ether oxygens (including phenoxy) is 1. The van der Waals surface area contributed by atoms with Gasteiger partial charge in [-0.3, -0.25) is 38.6 Å². The number of fused-ring (bicyclic) bond motifs is 4. The average Bonchev–Trinajstić information content (AvgIpc) is 3.86. The molecule has 20 heteroatoms. The van der Waals surface area contributed by atoms with Crippen molar-refractivity contribution in [1.82, 2.24) is 36.0 Å². The number of aliphatic imine (C=N–C) groups is 1. The summed E-state index contributed by atoms with van der Waals surface area (Å²) in [4.78, 5) is 117. The van der Waals surface area contributed by atoms with E-state index >= 15 is 0 Å². The number of nitrogens with zero attached hydrogens (tertiary/aromatic N) is 4. The molecule has 59 heavy (non-hydrogen) atoms. The molecule has 4 rings (SSSR count). The molecule has 4 heterocycles. The lowest BCUT2D eigenvalue weighted by molar-refractivity contribution is -0.161. The van der Waals surface area contributed by atoms with Crippen molar-refractivity contribution in [3.8, 4) is 0 Å². The summed E-state index contributed by atoms with van der Waals surface area (Å²) in [5, 5.41) is 32.2. The Morgan fingerprint density at radius 3 is 2.19 bits per heavy atom. The van der Waals surface area contributed by atoms with Crippen LogP contribution in [-0.4, -0.2) is 164 Å². The number of hydrogen-bond donors (Lipinski definition) is 6. The minimum atomic E-state index is -1.91. The van der Waals surface area contributed by atoms with Crippen LogP contribution in [0.2, 0.25) is 0 Å². The Hall–Kier alpha value is -4.56. The highest BCUT2D eigenvalue weighted by atomic mass is 32.2. The molecule has 0 aromatic heterocycles. The van der Waals surface area contributed by atoms with Crippen molar-refractivity contribution in [2.45, 2.75) is 142 Å². The quantitative estimate of drug-likeness (QED) is 0.144. The zero-order valence-electron chi connectivity index (χ0n) is 35.2. The Labute approximate surface area is 348 Å². The standard InChI is InChI=1S/C39H60N8O11S/c1-10-23-36(54)46-13-11-12-26(46)33(52)44-29(22(8)48)38(56)45(9)30(19(4)5)39(57)58-16-28(49)34(53)40-21(7)31(50)42-24(14-18(2)3)37(55)47-20(6)15-27(47)35-43-25(17-59-35)32(51)41-23/h10,18-22,24-30,48-49H,11-17H2,1-9H3,(H,40,53)(H,41,51)(H,42,50)(H,44,52)/b23-10+/t20-,21+,22?,24-,25?,26?,27+,28+,29+,30+/m1/s1. The highest BCUT2D eigenvalue weighted by Gasteiger charge is 2.47. The first-order chi connectivity index (χ1) is 27.7. The van der Waals surface area contributed by atoms with Gasteiger partial charge in [0, 0.05) is 25.4 Å². The largest absolute Gasteiger partial charge is 0.461 e. The summed E-state index contributed by atoms with van der Waals surface area (Å²) in [5.74, 6) is -6.19. The van der Waals surface area contributed by atoms with Crippen LogP contribution in [0.4, 0.5) is 0 Å². The summed E-state index contributed by atoms with van der Waals surface area (Å²) < 4.78 is 5.27. The number of likely N-dealkylation sites (N-methyl/N-ethyl adjacent to an activating group) is 1. The maximum absolute atomic E-state index is 14.1. The van der Waals surface area contributed by atoms with E-state index in [2.05, 4.69) is 26.3 Å². The second kappa shape index (κ2) is 20.1. The number of hydrogen-bond acceptors (Lipinski definition) is 13. The zero-order valence-corrected chi connectivity index (χ0v) is 36.0. The minimum Gasteiger partial charge on any atom is -0.461 e. The van der Waals surface area contributed by atoms with Crippen LogP contribution < -0.4 is 21.3 Å². The summed E-state index contributed by atoms with van der Waals surface area (Å²) in [7, 11) is 1.28. The maximum atomic E-state index is 14.1. The molecule has 0 aliphatic carbocycles. The van der Waals surface area contributed by atoms with Crippen molar-refractivity contribution < 1.29 is 53.3 Å². The van der Waals surface area contributed by atoms with E-state index in [1.165, 1.54) is 43.6 Å². The summed E-state index contributed by atoms with van der Waals surface area (Å²) in [6.45, 7) is 12.5. The lowest BCUT2D eigenvalue weighted by atomic mass is 9.91. The number of aliphatic hydroxyl groups is 2. The lowest BCUT2D eigenvalue weighted by Gasteiger charge is -2.48. The molecule has 0 radical (unpaired) electrons. The molecule has 0 aromatic carbocycles. The lowest BCUT2D eigenvalue weighted by Crippen LogP contribution is -2.65.